The standard InChI is InChI=1S/C16H22N2O2/c17-16(15(19)20,13-4-2-1-3-5-13)11-18(14-8-9-14)10-12-6-7-12/h1-5,12,14H,6-11,17H2,(H,19,20). The quantitative estimate of drug-likeness (QED) is 0.795. The molecule has 0 radical (unpaired) electrons. The number of nitrogens with two attached hydrogens (primary N) is 1. The van der Waals surface area contributed by atoms with Crippen molar-refractivity contribution in [3.05, 3.63) is 35.9 Å². The smallest absolute Gasteiger partial charge is 0.329 e. The number of aliphatic carboxylic acids is 1. The number of rotatable bonds is 7. The predicted octanol–water partition coefficient (Wildman–Crippen LogP) is 1.80. The zero-order chi connectivity index (χ0) is 14.2. The summed E-state index contributed by atoms with van der Waals surface area (Å²) in [6.07, 6.45) is 4.91. The van der Waals surface area contributed by atoms with Crippen molar-refractivity contribution in [3.8, 4) is 0 Å². The third kappa shape index (κ3) is 2.86. The van der Waals surface area contributed by atoms with Gasteiger partial charge < -0.3 is 10.8 Å². The summed E-state index contributed by atoms with van der Waals surface area (Å²) in [5.74, 6) is -0.186. The topological polar surface area (TPSA) is 66.6 Å². The van der Waals surface area contributed by atoms with Crippen molar-refractivity contribution in [3.63, 3.8) is 0 Å². The molecular formula is C16H22N2O2. The maximum absolute atomic E-state index is 11.7. The van der Waals surface area contributed by atoms with Crippen molar-refractivity contribution in [2.75, 3.05) is 13.1 Å². The molecule has 4 nitrogen and oxygen atoms in total. The Morgan fingerprint density at radius 2 is 1.90 bits per heavy atom. The first-order chi connectivity index (χ1) is 9.59. The summed E-state index contributed by atoms with van der Waals surface area (Å²) < 4.78 is 0. The van der Waals surface area contributed by atoms with Crippen molar-refractivity contribution in [2.45, 2.75) is 37.3 Å². The molecule has 0 aromatic heterocycles. The van der Waals surface area contributed by atoms with Crippen LogP contribution in [0.15, 0.2) is 30.3 Å². The lowest BCUT2D eigenvalue weighted by molar-refractivity contribution is -0.144. The van der Waals surface area contributed by atoms with E-state index in [9.17, 15) is 9.90 Å². The largest absolute Gasteiger partial charge is 0.480 e. The Bertz CT molecular complexity index is 483. The third-order valence-electron chi connectivity index (χ3n) is 4.38. The number of hydrogen-bond acceptors (Lipinski definition) is 3. The highest BCUT2D eigenvalue weighted by Crippen LogP contribution is 2.36. The zero-order valence-corrected chi connectivity index (χ0v) is 11.7. The van der Waals surface area contributed by atoms with E-state index in [0.717, 1.165) is 12.5 Å². The van der Waals surface area contributed by atoms with Crippen LogP contribution >= 0.6 is 0 Å². The van der Waals surface area contributed by atoms with Crippen LogP contribution in [0.4, 0.5) is 0 Å². The van der Waals surface area contributed by atoms with E-state index in [2.05, 4.69) is 4.90 Å². The summed E-state index contributed by atoms with van der Waals surface area (Å²) >= 11 is 0. The molecule has 2 saturated carbocycles. The predicted molar refractivity (Wildman–Crippen MR) is 77.3 cm³/mol. The Kier molecular flexibility index (Phi) is 3.52. The van der Waals surface area contributed by atoms with Gasteiger partial charge in [0.05, 0.1) is 0 Å². The van der Waals surface area contributed by atoms with Crippen LogP contribution in [0.25, 0.3) is 0 Å². The first-order valence-electron chi connectivity index (χ1n) is 7.41. The Morgan fingerprint density at radius 1 is 1.25 bits per heavy atom. The normalized spacial score (nSPS) is 21.7. The molecule has 1 aromatic rings. The van der Waals surface area contributed by atoms with Crippen molar-refractivity contribution in [2.24, 2.45) is 11.7 Å². The van der Waals surface area contributed by atoms with E-state index >= 15 is 0 Å². The van der Waals surface area contributed by atoms with Crippen LogP contribution in [-0.4, -0.2) is 35.1 Å². The highest BCUT2D eigenvalue weighted by Gasteiger charge is 2.43. The molecule has 2 aliphatic carbocycles. The van der Waals surface area contributed by atoms with Crippen LogP contribution in [0.3, 0.4) is 0 Å². The van der Waals surface area contributed by atoms with Gasteiger partial charge in [-0.15, -0.1) is 0 Å². The Morgan fingerprint density at radius 3 is 2.40 bits per heavy atom. The molecule has 1 unspecified atom stereocenters. The second-order valence-corrected chi connectivity index (χ2v) is 6.25. The number of carbonyl (C=O) groups is 1. The van der Waals surface area contributed by atoms with Gasteiger partial charge in [0.2, 0.25) is 0 Å². The minimum absolute atomic E-state index is 0.410. The number of benzene rings is 1. The van der Waals surface area contributed by atoms with E-state index < -0.39 is 11.5 Å². The molecule has 108 valence electrons. The molecule has 2 fully saturated rings. The lowest BCUT2D eigenvalue weighted by atomic mass is 9.90. The number of hydrogen-bond donors (Lipinski definition) is 2. The van der Waals surface area contributed by atoms with Crippen LogP contribution in [0.5, 0.6) is 0 Å². The van der Waals surface area contributed by atoms with Crippen LogP contribution < -0.4 is 5.73 Å². The second kappa shape index (κ2) is 5.19. The monoisotopic (exact) mass is 274 g/mol. The third-order valence-corrected chi connectivity index (χ3v) is 4.38. The fraction of sp³-hybridized carbons (Fsp3) is 0.562. The van der Waals surface area contributed by atoms with E-state index in [4.69, 9.17) is 5.73 Å². The Hall–Kier alpha value is -1.39. The summed E-state index contributed by atoms with van der Waals surface area (Å²) in [5.41, 5.74) is 5.67. The first-order valence-corrected chi connectivity index (χ1v) is 7.41. The molecule has 3 N–H and O–H groups in total. The van der Waals surface area contributed by atoms with Gasteiger partial charge in [-0.3, -0.25) is 4.90 Å². The van der Waals surface area contributed by atoms with Gasteiger partial charge in [0.1, 0.15) is 0 Å². The average Bonchev–Trinajstić information content (AvgIpc) is 3.31. The van der Waals surface area contributed by atoms with Crippen LogP contribution in [0.1, 0.15) is 31.2 Å². The van der Waals surface area contributed by atoms with Gasteiger partial charge in [-0.25, -0.2) is 4.79 Å². The van der Waals surface area contributed by atoms with E-state index in [-0.39, 0.29) is 0 Å². The van der Waals surface area contributed by atoms with Crippen molar-refractivity contribution in [1.29, 1.82) is 0 Å². The highest BCUT2D eigenvalue weighted by atomic mass is 16.4. The summed E-state index contributed by atoms with van der Waals surface area (Å²) in [7, 11) is 0. The van der Waals surface area contributed by atoms with E-state index in [1.54, 1.807) is 0 Å². The zero-order valence-electron chi connectivity index (χ0n) is 11.7. The molecule has 20 heavy (non-hydrogen) atoms. The second-order valence-electron chi connectivity index (χ2n) is 6.25. The molecule has 2 aliphatic rings. The highest BCUT2D eigenvalue weighted by molar-refractivity contribution is 5.80. The van der Waals surface area contributed by atoms with Gasteiger partial charge >= 0.3 is 5.97 Å². The minimum atomic E-state index is -1.31. The number of nitrogens with zero attached hydrogens (tertiary/aromatic N) is 1. The van der Waals surface area contributed by atoms with Gasteiger partial charge in [0, 0.05) is 19.1 Å². The molecule has 1 aromatic carbocycles. The molecule has 0 amide bonds. The van der Waals surface area contributed by atoms with E-state index in [1.165, 1.54) is 25.7 Å². The molecule has 0 bridgehead atoms. The fourth-order valence-corrected chi connectivity index (χ4v) is 2.75. The molecule has 1 atom stereocenters. The lowest BCUT2D eigenvalue weighted by Crippen LogP contribution is -2.54. The molecule has 3 rings (SSSR count). The van der Waals surface area contributed by atoms with E-state index in [0.29, 0.717) is 18.2 Å². The van der Waals surface area contributed by atoms with Crippen LogP contribution in [-0.2, 0) is 10.3 Å². The van der Waals surface area contributed by atoms with Crippen molar-refractivity contribution >= 4 is 5.97 Å². The number of carboxylic acid groups (broad SMARTS) is 1. The summed E-state index contributed by atoms with van der Waals surface area (Å²) in [6, 6.07) is 9.76. The van der Waals surface area contributed by atoms with Gasteiger partial charge in [0.15, 0.2) is 5.54 Å². The first kappa shape index (κ1) is 13.6. The van der Waals surface area contributed by atoms with Crippen LogP contribution in [0, 0.1) is 5.92 Å². The van der Waals surface area contributed by atoms with Crippen molar-refractivity contribution in [1.82, 2.24) is 4.90 Å². The molecule has 0 saturated heterocycles. The van der Waals surface area contributed by atoms with E-state index in [1.807, 2.05) is 30.3 Å². The van der Waals surface area contributed by atoms with Gasteiger partial charge in [-0.05, 0) is 37.2 Å². The molecule has 4 heteroatoms. The minimum Gasteiger partial charge on any atom is -0.480 e. The van der Waals surface area contributed by atoms with Gasteiger partial charge in [-0.2, -0.15) is 0 Å². The van der Waals surface area contributed by atoms with Crippen LogP contribution in [0.2, 0.25) is 0 Å². The lowest BCUT2D eigenvalue weighted by Gasteiger charge is -2.33. The Labute approximate surface area is 119 Å². The summed E-state index contributed by atoms with van der Waals surface area (Å²) in [5, 5.41) is 9.64. The maximum Gasteiger partial charge on any atom is 0.329 e. The molecule has 0 spiro atoms. The molecule has 0 heterocycles. The van der Waals surface area contributed by atoms with Gasteiger partial charge in [0.25, 0.3) is 0 Å². The van der Waals surface area contributed by atoms with Crippen molar-refractivity contribution < 1.29 is 9.90 Å². The summed E-state index contributed by atoms with van der Waals surface area (Å²) in [4.78, 5) is 14.1. The number of carboxylic acids is 1. The molecule has 0 aliphatic heterocycles. The Balaban J connectivity index is 1.80. The fourth-order valence-electron chi connectivity index (χ4n) is 2.75. The summed E-state index contributed by atoms with van der Waals surface area (Å²) in [6.45, 7) is 1.41. The maximum atomic E-state index is 11.7. The SMILES string of the molecule is NC(CN(CC1CC1)C1CC1)(C(=O)O)c1ccccc1. The average molecular weight is 274 g/mol. The van der Waals surface area contributed by atoms with Gasteiger partial charge in [-0.1, -0.05) is 30.3 Å². The molecular weight excluding hydrogens is 252 g/mol.